The summed E-state index contributed by atoms with van der Waals surface area (Å²) in [5.74, 6) is -0.216. The first-order chi connectivity index (χ1) is 10.5. The molecule has 1 unspecified atom stereocenters. The van der Waals surface area contributed by atoms with Crippen molar-refractivity contribution in [2.75, 3.05) is 5.32 Å². The smallest absolute Gasteiger partial charge is 0.251 e. The Labute approximate surface area is 129 Å². The number of amides is 1. The molecule has 22 heavy (non-hydrogen) atoms. The average Bonchev–Trinajstić information content (AvgIpc) is 2.50. The molecule has 5 heteroatoms. The van der Waals surface area contributed by atoms with Crippen LogP contribution in [0.5, 0.6) is 0 Å². The predicted molar refractivity (Wildman–Crippen MR) is 87.5 cm³/mol. The van der Waals surface area contributed by atoms with Crippen molar-refractivity contribution in [3.63, 3.8) is 0 Å². The van der Waals surface area contributed by atoms with Gasteiger partial charge in [0.25, 0.3) is 5.56 Å². The third kappa shape index (κ3) is 3.62. The van der Waals surface area contributed by atoms with Gasteiger partial charge in [0, 0.05) is 24.5 Å². The lowest BCUT2D eigenvalue weighted by atomic mass is 10.0. The van der Waals surface area contributed by atoms with E-state index in [1.54, 1.807) is 18.3 Å². The Bertz CT molecular complexity index is 690. The normalized spacial score (nSPS) is 12.2. The molecule has 0 aliphatic rings. The largest absolute Gasteiger partial charge is 0.326 e. The van der Waals surface area contributed by atoms with Gasteiger partial charge in [0.1, 0.15) is 6.04 Å². The molecule has 0 saturated heterocycles. The van der Waals surface area contributed by atoms with Crippen molar-refractivity contribution in [3.8, 4) is 0 Å². The molecule has 3 N–H and O–H groups in total. The van der Waals surface area contributed by atoms with Crippen molar-refractivity contribution in [3.05, 3.63) is 64.6 Å². The van der Waals surface area contributed by atoms with E-state index in [1.165, 1.54) is 10.6 Å². The van der Waals surface area contributed by atoms with Crippen molar-refractivity contribution in [2.24, 2.45) is 11.7 Å². The molecule has 116 valence electrons. The van der Waals surface area contributed by atoms with Crippen LogP contribution in [-0.4, -0.2) is 10.5 Å². The van der Waals surface area contributed by atoms with Gasteiger partial charge in [-0.25, -0.2) is 0 Å². The van der Waals surface area contributed by atoms with E-state index in [9.17, 15) is 9.59 Å². The summed E-state index contributed by atoms with van der Waals surface area (Å²) in [4.78, 5) is 24.5. The van der Waals surface area contributed by atoms with Crippen LogP contribution in [0.15, 0.2) is 53.5 Å². The first-order valence-electron chi connectivity index (χ1n) is 7.30. The zero-order valence-electron chi connectivity index (χ0n) is 12.8. The van der Waals surface area contributed by atoms with E-state index >= 15 is 0 Å². The summed E-state index contributed by atoms with van der Waals surface area (Å²) in [6.45, 7) is 4.30. The zero-order valence-corrected chi connectivity index (χ0v) is 12.8. The molecule has 0 bridgehead atoms. The van der Waals surface area contributed by atoms with E-state index in [1.807, 2.05) is 38.1 Å². The highest BCUT2D eigenvalue weighted by Gasteiger charge is 2.24. The highest BCUT2D eigenvalue weighted by molar-refractivity contribution is 5.93. The van der Waals surface area contributed by atoms with Crippen molar-refractivity contribution in [1.82, 2.24) is 4.57 Å². The molecule has 5 nitrogen and oxygen atoms in total. The van der Waals surface area contributed by atoms with Gasteiger partial charge in [0.15, 0.2) is 0 Å². The molecule has 1 aromatic carbocycles. The molecule has 0 spiro atoms. The van der Waals surface area contributed by atoms with Gasteiger partial charge in [-0.3, -0.25) is 9.59 Å². The molecular weight excluding hydrogens is 278 g/mol. The second-order valence-electron chi connectivity index (χ2n) is 5.53. The zero-order chi connectivity index (χ0) is 16.1. The first-order valence-corrected chi connectivity index (χ1v) is 7.30. The molecule has 0 aliphatic carbocycles. The highest BCUT2D eigenvalue weighted by atomic mass is 16.2. The van der Waals surface area contributed by atoms with E-state index in [4.69, 9.17) is 5.73 Å². The Morgan fingerprint density at radius 1 is 1.18 bits per heavy atom. The van der Waals surface area contributed by atoms with Crippen molar-refractivity contribution < 1.29 is 4.79 Å². The quantitative estimate of drug-likeness (QED) is 0.888. The van der Waals surface area contributed by atoms with Gasteiger partial charge < -0.3 is 15.6 Å². The topological polar surface area (TPSA) is 77.1 Å². The first kappa shape index (κ1) is 16.0. The monoisotopic (exact) mass is 299 g/mol. The van der Waals surface area contributed by atoms with E-state index in [0.717, 1.165) is 5.56 Å². The van der Waals surface area contributed by atoms with Crippen LogP contribution < -0.4 is 16.6 Å². The molecule has 1 aromatic heterocycles. The summed E-state index contributed by atoms with van der Waals surface area (Å²) in [6.07, 6.45) is 1.64. The van der Waals surface area contributed by atoms with Crippen LogP contribution in [0.2, 0.25) is 0 Å². The van der Waals surface area contributed by atoms with Gasteiger partial charge in [0.2, 0.25) is 5.91 Å². The number of rotatable bonds is 5. The van der Waals surface area contributed by atoms with Crippen LogP contribution in [0.1, 0.15) is 25.5 Å². The molecule has 1 heterocycles. The number of carbonyl (C=O) groups is 1. The molecule has 0 saturated carbocycles. The van der Waals surface area contributed by atoms with E-state index < -0.39 is 6.04 Å². The molecule has 1 amide bonds. The maximum atomic E-state index is 12.6. The number of aromatic nitrogens is 1. The summed E-state index contributed by atoms with van der Waals surface area (Å²) >= 11 is 0. The number of hydrogen-bond acceptors (Lipinski definition) is 3. The van der Waals surface area contributed by atoms with Gasteiger partial charge in [0.05, 0.1) is 0 Å². The fourth-order valence-corrected chi connectivity index (χ4v) is 2.36. The van der Waals surface area contributed by atoms with E-state index in [2.05, 4.69) is 5.32 Å². The van der Waals surface area contributed by atoms with Gasteiger partial charge in [-0.15, -0.1) is 0 Å². The third-order valence-electron chi connectivity index (χ3n) is 3.51. The van der Waals surface area contributed by atoms with E-state index in [0.29, 0.717) is 12.2 Å². The summed E-state index contributed by atoms with van der Waals surface area (Å²) < 4.78 is 1.47. The number of nitrogens with one attached hydrogen (secondary N) is 1. The molecular formula is C17H21N3O2. The van der Waals surface area contributed by atoms with Gasteiger partial charge in [-0.05, 0) is 29.7 Å². The van der Waals surface area contributed by atoms with Crippen molar-refractivity contribution >= 4 is 11.6 Å². The number of anilines is 1. The number of hydrogen-bond donors (Lipinski definition) is 2. The Morgan fingerprint density at radius 3 is 2.41 bits per heavy atom. The number of carbonyl (C=O) groups excluding carboxylic acids is 1. The molecule has 2 rings (SSSR count). The standard InChI is InChI=1S/C17H21N3O2/c1-12(2)16(20-10-4-3-5-15(20)21)17(22)19-14-8-6-13(11-18)7-9-14/h3-10,12,16H,11,18H2,1-2H3,(H,19,22). The van der Waals surface area contributed by atoms with Gasteiger partial charge >= 0.3 is 0 Å². The summed E-state index contributed by atoms with van der Waals surface area (Å²) in [5, 5.41) is 2.86. The second kappa shape index (κ2) is 7.04. The average molecular weight is 299 g/mol. The third-order valence-corrected chi connectivity index (χ3v) is 3.51. The molecule has 2 aromatic rings. The minimum atomic E-state index is -0.553. The number of benzene rings is 1. The van der Waals surface area contributed by atoms with Gasteiger partial charge in [-0.1, -0.05) is 32.0 Å². The van der Waals surface area contributed by atoms with Crippen LogP contribution in [0.3, 0.4) is 0 Å². The van der Waals surface area contributed by atoms with E-state index in [-0.39, 0.29) is 17.4 Å². The SMILES string of the molecule is CC(C)C(C(=O)Nc1ccc(CN)cc1)n1ccccc1=O. The maximum Gasteiger partial charge on any atom is 0.251 e. The van der Waals surface area contributed by atoms with Crippen molar-refractivity contribution in [2.45, 2.75) is 26.4 Å². The van der Waals surface area contributed by atoms with Crippen LogP contribution in [0, 0.1) is 5.92 Å². The minimum Gasteiger partial charge on any atom is -0.326 e. The van der Waals surface area contributed by atoms with Crippen LogP contribution in [0.25, 0.3) is 0 Å². The Morgan fingerprint density at radius 2 is 1.86 bits per heavy atom. The molecule has 0 radical (unpaired) electrons. The summed E-state index contributed by atoms with van der Waals surface area (Å²) in [6, 6.07) is 11.7. The number of nitrogens with zero attached hydrogens (tertiary/aromatic N) is 1. The molecule has 0 aliphatic heterocycles. The fraction of sp³-hybridized carbons (Fsp3) is 0.294. The van der Waals surface area contributed by atoms with Gasteiger partial charge in [-0.2, -0.15) is 0 Å². The lowest BCUT2D eigenvalue weighted by Crippen LogP contribution is -2.35. The lowest BCUT2D eigenvalue weighted by molar-refractivity contribution is -0.120. The maximum absolute atomic E-state index is 12.6. The molecule has 1 atom stereocenters. The lowest BCUT2D eigenvalue weighted by Gasteiger charge is -2.22. The Hall–Kier alpha value is -2.40. The minimum absolute atomic E-state index is 0.0107. The van der Waals surface area contributed by atoms with Crippen LogP contribution in [0.4, 0.5) is 5.69 Å². The number of nitrogens with two attached hydrogens (primary N) is 1. The Balaban J connectivity index is 2.23. The second-order valence-corrected chi connectivity index (χ2v) is 5.53. The summed E-state index contributed by atoms with van der Waals surface area (Å²) in [7, 11) is 0. The fourth-order valence-electron chi connectivity index (χ4n) is 2.36. The molecule has 0 fully saturated rings. The number of pyridine rings is 1. The van der Waals surface area contributed by atoms with Crippen LogP contribution in [-0.2, 0) is 11.3 Å². The highest BCUT2D eigenvalue weighted by Crippen LogP contribution is 2.19. The predicted octanol–water partition coefficient (Wildman–Crippen LogP) is 2.14. The van der Waals surface area contributed by atoms with Crippen LogP contribution >= 0.6 is 0 Å². The van der Waals surface area contributed by atoms with Crippen molar-refractivity contribution in [1.29, 1.82) is 0 Å². The Kier molecular flexibility index (Phi) is 5.12. The summed E-state index contributed by atoms with van der Waals surface area (Å²) in [5.41, 5.74) is 7.06.